The van der Waals surface area contributed by atoms with Crippen LogP contribution in [0.25, 0.3) is 0 Å². The minimum absolute atomic E-state index is 0.00568. The monoisotopic (exact) mass is 330 g/mol. The first-order chi connectivity index (χ1) is 11.6. The van der Waals surface area contributed by atoms with Gasteiger partial charge in [0.2, 0.25) is 5.91 Å². The molecule has 128 valence electrons. The van der Waals surface area contributed by atoms with Gasteiger partial charge in [-0.05, 0) is 24.5 Å². The Kier molecular flexibility index (Phi) is 4.94. The van der Waals surface area contributed by atoms with E-state index >= 15 is 0 Å². The average Bonchev–Trinajstić information content (AvgIpc) is 2.99. The van der Waals surface area contributed by atoms with Crippen molar-refractivity contribution in [2.45, 2.75) is 45.3 Å². The van der Waals surface area contributed by atoms with Crippen LogP contribution >= 0.6 is 0 Å². The Morgan fingerprint density at radius 3 is 2.92 bits per heavy atom. The predicted octanol–water partition coefficient (Wildman–Crippen LogP) is 1.89. The molecule has 0 saturated heterocycles. The molecule has 2 aromatic rings. The maximum Gasteiger partial charge on any atom is 0.224 e. The largest absolute Gasteiger partial charge is 0.333 e. The van der Waals surface area contributed by atoms with Gasteiger partial charge in [-0.1, -0.05) is 25.1 Å². The lowest BCUT2D eigenvalue weighted by atomic mass is 10.0. The Bertz CT molecular complexity index is 728. The number of rotatable bonds is 5. The third-order valence-corrected chi connectivity index (χ3v) is 4.44. The van der Waals surface area contributed by atoms with Crippen molar-refractivity contribution in [1.29, 1.82) is 0 Å². The summed E-state index contributed by atoms with van der Waals surface area (Å²) in [6.07, 6.45) is 3.53. The van der Waals surface area contributed by atoms with Gasteiger partial charge < -0.3 is 15.2 Å². The number of aromatic nitrogens is 2. The molecule has 0 bridgehead atoms. The Labute approximate surface area is 141 Å². The molecule has 0 aliphatic carbocycles. The molecule has 6 heteroatoms. The van der Waals surface area contributed by atoms with E-state index in [4.69, 9.17) is 5.73 Å². The lowest BCUT2D eigenvalue weighted by Gasteiger charge is -2.28. The molecule has 1 aromatic heterocycles. The van der Waals surface area contributed by atoms with E-state index in [1.165, 1.54) is 6.07 Å². The van der Waals surface area contributed by atoms with Gasteiger partial charge in [-0.2, -0.15) is 0 Å². The van der Waals surface area contributed by atoms with Crippen LogP contribution in [0, 0.1) is 5.82 Å². The molecular weight excluding hydrogens is 307 g/mol. The highest BCUT2D eigenvalue weighted by Crippen LogP contribution is 2.16. The first-order valence-corrected chi connectivity index (χ1v) is 8.38. The molecule has 3 rings (SSSR count). The number of benzene rings is 1. The van der Waals surface area contributed by atoms with E-state index in [0.29, 0.717) is 25.1 Å². The zero-order chi connectivity index (χ0) is 17.1. The van der Waals surface area contributed by atoms with Gasteiger partial charge in [-0.25, -0.2) is 9.37 Å². The van der Waals surface area contributed by atoms with Crippen molar-refractivity contribution in [2.24, 2.45) is 5.73 Å². The minimum Gasteiger partial charge on any atom is -0.333 e. The lowest BCUT2D eigenvalue weighted by molar-refractivity contribution is -0.133. The number of imidazole rings is 1. The normalized spacial score (nSPS) is 15.2. The summed E-state index contributed by atoms with van der Waals surface area (Å²) >= 11 is 0. The standard InChI is InChI=1S/C18H23FN4O/c1-2-15-11-22-7-8-23(12-17(22)21-15)18(24)10-14(20)9-13-5-3-4-6-16(13)19/h3-6,11,14H,2,7-10,12,20H2,1H3. The summed E-state index contributed by atoms with van der Waals surface area (Å²) in [7, 11) is 0. The van der Waals surface area contributed by atoms with Crippen molar-refractivity contribution in [3.05, 3.63) is 53.4 Å². The van der Waals surface area contributed by atoms with Crippen LogP contribution in [0.5, 0.6) is 0 Å². The van der Waals surface area contributed by atoms with Crippen LogP contribution in [0.15, 0.2) is 30.5 Å². The van der Waals surface area contributed by atoms with Gasteiger partial charge in [-0.3, -0.25) is 4.79 Å². The van der Waals surface area contributed by atoms with E-state index in [0.717, 1.165) is 24.5 Å². The summed E-state index contributed by atoms with van der Waals surface area (Å²) in [5, 5.41) is 0. The van der Waals surface area contributed by atoms with E-state index in [2.05, 4.69) is 22.7 Å². The highest BCUT2D eigenvalue weighted by Gasteiger charge is 2.23. The van der Waals surface area contributed by atoms with E-state index < -0.39 is 0 Å². The summed E-state index contributed by atoms with van der Waals surface area (Å²) in [6.45, 7) is 4.01. The second kappa shape index (κ2) is 7.13. The molecule has 2 heterocycles. The molecule has 24 heavy (non-hydrogen) atoms. The molecule has 1 unspecified atom stereocenters. The van der Waals surface area contributed by atoms with Crippen molar-refractivity contribution in [3.8, 4) is 0 Å². The van der Waals surface area contributed by atoms with Crippen molar-refractivity contribution in [3.63, 3.8) is 0 Å². The van der Waals surface area contributed by atoms with Gasteiger partial charge in [0, 0.05) is 31.7 Å². The SMILES string of the molecule is CCc1cn2c(n1)CN(C(=O)CC(N)Cc1ccccc1F)CC2. The maximum absolute atomic E-state index is 13.7. The number of halogens is 1. The lowest BCUT2D eigenvalue weighted by Crippen LogP contribution is -2.41. The summed E-state index contributed by atoms with van der Waals surface area (Å²) in [6, 6.07) is 6.17. The average molecular weight is 330 g/mol. The number of nitrogens with two attached hydrogens (primary N) is 1. The number of carbonyl (C=O) groups excluding carboxylic acids is 1. The van der Waals surface area contributed by atoms with Crippen molar-refractivity contribution in [1.82, 2.24) is 14.5 Å². The van der Waals surface area contributed by atoms with E-state index in [9.17, 15) is 9.18 Å². The number of fused-ring (bicyclic) bond motifs is 1. The molecular formula is C18H23FN4O. The van der Waals surface area contributed by atoms with Gasteiger partial charge in [0.1, 0.15) is 11.6 Å². The molecule has 2 N–H and O–H groups in total. The third kappa shape index (κ3) is 3.64. The van der Waals surface area contributed by atoms with Crippen LogP contribution in [0.1, 0.15) is 30.4 Å². The minimum atomic E-state index is -0.387. The number of aryl methyl sites for hydroxylation is 1. The summed E-state index contributed by atoms with van der Waals surface area (Å²) in [5.74, 6) is 0.660. The maximum atomic E-state index is 13.7. The summed E-state index contributed by atoms with van der Waals surface area (Å²) < 4.78 is 15.8. The Morgan fingerprint density at radius 2 is 2.17 bits per heavy atom. The van der Waals surface area contributed by atoms with Crippen LogP contribution in [0.4, 0.5) is 4.39 Å². The van der Waals surface area contributed by atoms with Gasteiger partial charge in [0.15, 0.2) is 0 Å². The highest BCUT2D eigenvalue weighted by atomic mass is 19.1. The molecule has 0 saturated carbocycles. The molecule has 0 radical (unpaired) electrons. The molecule has 5 nitrogen and oxygen atoms in total. The van der Waals surface area contributed by atoms with Gasteiger partial charge in [-0.15, -0.1) is 0 Å². The smallest absolute Gasteiger partial charge is 0.224 e. The van der Waals surface area contributed by atoms with Crippen molar-refractivity contribution in [2.75, 3.05) is 6.54 Å². The first kappa shape index (κ1) is 16.6. The second-order valence-corrected chi connectivity index (χ2v) is 6.27. The fraction of sp³-hybridized carbons (Fsp3) is 0.444. The summed E-state index contributed by atoms with van der Waals surface area (Å²) in [4.78, 5) is 18.8. The van der Waals surface area contributed by atoms with Crippen molar-refractivity contribution < 1.29 is 9.18 Å². The molecule has 1 aromatic carbocycles. The Morgan fingerprint density at radius 1 is 1.38 bits per heavy atom. The van der Waals surface area contributed by atoms with Crippen LogP contribution in [0.3, 0.4) is 0 Å². The highest BCUT2D eigenvalue weighted by molar-refractivity contribution is 5.76. The van der Waals surface area contributed by atoms with E-state index in [-0.39, 0.29) is 24.2 Å². The third-order valence-electron chi connectivity index (χ3n) is 4.44. The number of carbonyl (C=O) groups is 1. The number of nitrogens with zero attached hydrogens (tertiary/aromatic N) is 3. The molecule has 1 aliphatic rings. The van der Waals surface area contributed by atoms with Crippen LogP contribution in [-0.4, -0.2) is 32.9 Å². The second-order valence-electron chi connectivity index (χ2n) is 6.27. The van der Waals surface area contributed by atoms with Crippen LogP contribution < -0.4 is 5.73 Å². The van der Waals surface area contributed by atoms with E-state index in [1.807, 2.05) is 0 Å². The molecule has 1 amide bonds. The van der Waals surface area contributed by atoms with Gasteiger partial charge >= 0.3 is 0 Å². The topological polar surface area (TPSA) is 64.2 Å². The van der Waals surface area contributed by atoms with Gasteiger partial charge in [0.05, 0.1) is 12.2 Å². The molecule has 0 spiro atoms. The Balaban J connectivity index is 1.58. The quantitative estimate of drug-likeness (QED) is 0.910. The number of amides is 1. The Hall–Kier alpha value is -2.21. The number of hydrogen-bond donors (Lipinski definition) is 1. The summed E-state index contributed by atoms with van der Waals surface area (Å²) in [5.41, 5.74) is 7.67. The number of hydrogen-bond acceptors (Lipinski definition) is 3. The zero-order valence-corrected chi connectivity index (χ0v) is 13.9. The fourth-order valence-corrected chi connectivity index (χ4v) is 3.07. The van der Waals surface area contributed by atoms with Gasteiger partial charge in [0.25, 0.3) is 0 Å². The molecule has 1 aliphatic heterocycles. The van der Waals surface area contributed by atoms with Crippen molar-refractivity contribution >= 4 is 5.91 Å². The first-order valence-electron chi connectivity index (χ1n) is 8.38. The van der Waals surface area contributed by atoms with Crippen LogP contribution in [-0.2, 0) is 30.7 Å². The van der Waals surface area contributed by atoms with Crippen LogP contribution in [0.2, 0.25) is 0 Å². The molecule has 1 atom stereocenters. The molecule has 0 fully saturated rings. The van der Waals surface area contributed by atoms with E-state index in [1.54, 1.807) is 23.1 Å². The predicted molar refractivity (Wildman–Crippen MR) is 89.7 cm³/mol. The zero-order valence-electron chi connectivity index (χ0n) is 13.9. The fourth-order valence-electron chi connectivity index (χ4n) is 3.07.